The Kier molecular flexibility index (Phi) is 5.84. The van der Waals surface area contributed by atoms with Crippen LogP contribution in [0, 0.1) is 13.8 Å². The predicted octanol–water partition coefficient (Wildman–Crippen LogP) is 2.10. The van der Waals surface area contributed by atoms with Gasteiger partial charge < -0.3 is 15.0 Å². The molecule has 8 heteroatoms. The molecule has 2 N–H and O–H groups in total. The molecule has 2 heterocycles. The Morgan fingerprint density at radius 2 is 1.86 bits per heavy atom. The van der Waals surface area contributed by atoms with Crippen LogP contribution in [0.3, 0.4) is 0 Å². The lowest BCUT2D eigenvalue weighted by Crippen LogP contribution is -2.82. The third-order valence-electron chi connectivity index (χ3n) is 5.18. The quantitative estimate of drug-likeness (QED) is 0.627. The second kappa shape index (κ2) is 8.52. The zero-order valence-electron chi connectivity index (χ0n) is 17.2. The number of benzene rings is 2. The maximum Gasteiger partial charge on any atom is 0.217 e. The van der Waals surface area contributed by atoms with E-state index in [9.17, 15) is 0 Å². The van der Waals surface area contributed by atoms with E-state index in [1.807, 2.05) is 18.8 Å². The summed E-state index contributed by atoms with van der Waals surface area (Å²) in [6.07, 6.45) is 0.202. The molecule has 7 nitrogen and oxygen atoms in total. The summed E-state index contributed by atoms with van der Waals surface area (Å²) < 4.78 is 8.11. The van der Waals surface area contributed by atoms with Crippen molar-refractivity contribution >= 4 is 17.4 Å². The van der Waals surface area contributed by atoms with E-state index >= 15 is 0 Å². The molecule has 1 aliphatic rings. The standard InChI is InChI=1S/C21H26N6OS/c1-14-6-5-7-15(2)19(14)27-21(23-24-25-27)29-13-18-12-22-20(28-18)16-8-10-17(11-9-16)26(3)4/h5-11,18,20,22H,12-13H2,1-4H3/p+1/t18-,20-/m1/s1. The molecule has 29 heavy (non-hydrogen) atoms. The van der Waals surface area contributed by atoms with Crippen molar-refractivity contribution in [3.05, 3.63) is 59.2 Å². The fraction of sp³-hybridized carbons (Fsp3) is 0.381. The van der Waals surface area contributed by atoms with Crippen molar-refractivity contribution in [3.8, 4) is 5.69 Å². The van der Waals surface area contributed by atoms with Gasteiger partial charge in [-0.1, -0.05) is 30.0 Å². The van der Waals surface area contributed by atoms with Gasteiger partial charge >= 0.3 is 0 Å². The van der Waals surface area contributed by atoms with Gasteiger partial charge in [0.15, 0.2) is 0 Å². The lowest BCUT2D eigenvalue weighted by atomic mass is 10.1. The molecule has 1 aromatic heterocycles. The van der Waals surface area contributed by atoms with Gasteiger partial charge in [0.25, 0.3) is 0 Å². The number of hydrogen-bond donors (Lipinski definition) is 1. The third-order valence-corrected chi connectivity index (χ3v) is 6.23. The average molecular weight is 412 g/mol. The Bertz CT molecular complexity index is 951. The summed E-state index contributed by atoms with van der Waals surface area (Å²) in [5, 5.41) is 15.4. The van der Waals surface area contributed by atoms with Gasteiger partial charge in [0.05, 0.1) is 5.69 Å². The summed E-state index contributed by atoms with van der Waals surface area (Å²) in [5.41, 5.74) is 5.76. The van der Waals surface area contributed by atoms with Crippen LogP contribution >= 0.6 is 11.8 Å². The second-order valence-corrected chi connectivity index (χ2v) is 8.55. The first kappa shape index (κ1) is 19.9. The molecular formula is C21H27N6OS+. The first-order chi connectivity index (χ1) is 14.0. The van der Waals surface area contributed by atoms with Crippen LogP contribution in [0.1, 0.15) is 22.9 Å². The SMILES string of the molecule is Cc1cccc(C)c1-n1nnnc1SC[C@H]1C[NH2+][C@@H](c2ccc(N(C)C)cc2)O1. The summed E-state index contributed by atoms with van der Waals surface area (Å²) in [6, 6.07) is 14.8. The third kappa shape index (κ3) is 4.29. The lowest BCUT2D eigenvalue weighted by Gasteiger charge is -2.14. The molecule has 0 spiro atoms. The minimum Gasteiger partial charge on any atom is -0.378 e. The van der Waals surface area contributed by atoms with Crippen LogP contribution in [-0.2, 0) is 4.74 Å². The summed E-state index contributed by atoms with van der Waals surface area (Å²) in [5.74, 6) is 0.814. The maximum atomic E-state index is 6.27. The van der Waals surface area contributed by atoms with Gasteiger partial charge in [-0.3, -0.25) is 0 Å². The van der Waals surface area contributed by atoms with Gasteiger partial charge in [-0.2, -0.15) is 4.68 Å². The summed E-state index contributed by atoms with van der Waals surface area (Å²) in [6.45, 7) is 5.09. The van der Waals surface area contributed by atoms with E-state index in [0.717, 1.165) is 34.3 Å². The topological polar surface area (TPSA) is 72.7 Å². The maximum absolute atomic E-state index is 6.27. The molecule has 152 valence electrons. The smallest absolute Gasteiger partial charge is 0.217 e. The number of tetrazole rings is 1. The molecule has 1 fully saturated rings. The zero-order chi connectivity index (χ0) is 20.4. The highest BCUT2D eigenvalue weighted by atomic mass is 32.2. The fourth-order valence-electron chi connectivity index (χ4n) is 3.59. The predicted molar refractivity (Wildman–Crippen MR) is 115 cm³/mol. The number of ether oxygens (including phenoxy) is 1. The number of hydrogen-bond acceptors (Lipinski definition) is 6. The second-order valence-electron chi connectivity index (χ2n) is 7.56. The Labute approximate surface area is 175 Å². The number of thioether (sulfide) groups is 1. The van der Waals surface area contributed by atoms with Crippen LogP contribution in [0.15, 0.2) is 47.6 Å². The van der Waals surface area contributed by atoms with Gasteiger partial charge in [-0.15, -0.1) is 5.10 Å². The van der Waals surface area contributed by atoms with Crippen molar-refractivity contribution in [1.29, 1.82) is 0 Å². The summed E-state index contributed by atoms with van der Waals surface area (Å²) in [7, 11) is 4.10. The molecule has 1 aliphatic heterocycles. The van der Waals surface area contributed by atoms with Crippen LogP contribution in [0.5, 0.6) is 0 Å². The van der Waals surface area contributed by atoms with Gasteiger partial charge in [0.1, 0.15) is 12.6 Å². The van der Waals surface area contributed by atoms with Gasteiger partial charge in [0.2, 0.25) is 11.4 Å². The van der Waals surface area contributed by atoms with Crippen molar-refractivity contribution in [2.24, 2.45) is 0 Å². The molecule has 0 unspecified atom stereocenters. The van der Waals surface area contributed by atoms with Gasteiger partial charge in [-0.25, -0.2) is 0 Å². The van der Waals surface area contributed by atoms with Crippen LogP contribution in [-0.4, -0.2) is 52.7 Å². The molecule has 0 bridgehead atoms. The van der Waals surface area contributed by atoms with Crippen molar-refractivity contribution in [2.45, 2.75) is 31.3 Å². The highest BCUT2D eigenvalue weighted by Gasteiger charge is 2.30. The summed E-state index contributed by atoms with van der Waals surface area (Å²) in [4.78, 5) is 2.10. The number of anilines is 1. The number of rotatable bonds is 6. The Morgan fingerprint density at radius 1 is 1.14 bits per heavy atom. The van der Waals surface area contributed by atoms with Gasteiger partial charge in [0, 0.05) is 31.1 Å². The first-order valence-corrected chi connectivity index (χ1v) is 10.8. The van der Waals surface area contributed by atoms with E-state index in [2.05, 4.69) is 82.1 Å². The Hall–Kier alpha value is -2.42. The molecule has 4 rings (SSSR count). The van der Waals surface area contributed by atoms with E-state index in [4.69, 9.17) is 4.74 Å². The monoisotopic (exact) mass is 411 g/mol. The molecule has 0 aliphatic carbocycles. The molecule has 0 saturated carbocycles. The van der Waals surface area contributed by atoms with E-state index < -0.39 is 0 Å². The number of aromatic nitrogens is 4. The van der Waals surface area contributed by atoms with E-state index in [-0.39, 0.29) is 12.3 Å². The minimum atomic E-state index is 0.0476. The highest BCUT2D eigenvalue weighted by Crippen LogP contribution is 2.26. The Morgan fingerprint density at radius 3 is 2.55 bits per heavy atom. The van der Waals surface area contributed by atoms with E-state index in [0.29, 0.717) is 0 Å². The summed E-state index contributed by atoms with van der Waals surface area (Å²) >= 11 is 1.64. The van der Waals surface area contributed by atoms with Crippen molar-refractivity contribution in [1.82, 2.24) is 20.2 Å². The average Bonchev–Trinajstić information content (AvgIpc) is 3.36. The van der Waals surface area contributed by atoms with Crippen LogP contribution in [0.4, 0.5) is 5.69 Å². The highest BCUT2D eigenvalue weighted by molar-refractivity contribution is 7.99. The molecule has 1 saturated heterocycles. The molecular weight excluding hydrogens is 384 g/mol. The van der Waals surface area contributed by atoms with Crippen molar-refractivity contribution in [3.63, 3.8) is 0 Å². The van der Waals surface area contributed by atoms with Crippen LogP contribution in [0.2, 0.25) is 0 Å². The van der Waals surface area contributed by atoms with E-state index in [1.54, 1.807) is 11.8 Å². The van der Waals surface area contributed by atoms with E-state index in [1.165, 1.54) is 11.3 Å². The number of nitrogens with zero attached hydrogens (tertiary/aromatic N) is 5. The number of nitrogens with two attached hydrogens (primary N) is 1. The first-order valence-electron chi connectivity index (χ1n) is 9.77. The van der Waals surface area contributed by atoms with Crippen molar-refractivity contribution in [2.75, 3.05) is 31.3 Å². The number of quaternary nitrogens is 1. The Balaban J connectivity index is 1.40. The number of aryl methyl sites for hydroxylation is 2. The fourth-order valence-corrected chi connectivity index (χ4v) is 4.49. The van der Waals surface area contributed by atoms with Gasteiger partial charge in [-0.05, 0) is 59.7 Å². The molecule has 2 aromatic carbocycles. The normalized spacial score (nSPS) is 18.9. The number of para-hydroxylation sites is 1. The largest absolute Gasteiger partial charge is 0.378 e. The minimum absolute atomic E-state index is 0.0476. The molecule has 0 radical (unpaired) electrons. The molecule has 0 amide bonds. The zero-order valence-corrected chi connectivity index (χ0v) is 18.1. The van der Waals surface area contributed by atoms with Crippen LogP contribution < -0.4 is 10.2 Å². The molecule has 3 aromatic rings. The van der Waals surface area contributed by atoms with Crippen LogP contribution in [0.25, 0.3) is 5.69 Å². The molecule has 2 atom stereocenters. The lowest BCUT2D eigenvalue weighted by molar-refractivity contribution is -0.697. The van der Waals surface area contributed by atoms with Crippen molar-refractivity contribution < 1.29 is 10.1 Å².